The Labute approximate surface area is 174 Å². The van der Waals surface area contributed by atoms with Gasteiger partial charge in [0.15, 0.2) is 0 Å². The molecule has 2 aliphatic heterocycles. The molecule has 5 nitrogen and oxygen atoms in total. The topological polar surface area (TPSA) is 52.7 Å². The third-order valence-electron chi connectivity index (χ3n) is 5.11. The van der Waals surface area contributed by atoms with E-state index in [1.807, 2.05) is 53.4 Å². The van der Waals surface area contributed by atoms with Gasteiger partial charge in [0.2, 0.25) is 11.8 Å². The van der Waals surface area contributed by atoms with Gasteiger partial charge in [0.1, 0.15) is 0 Å². The number of carbonyl (C=O) groups excluding carboxylic acids is 2. The van der Waals surface area contributed by atoms with Gasteiger partial charge in [-0.2, -0.15) is 0 Å². The van der Waals surface area contributed by atoms with E-state index in [1.165, 1.54) is 17.3 Å². The van der Waals surface area contributed by atoms with Crippen LogP contribution in [-0.2, 0) is 16.1 Å². The molecule has 0 saturated carbocycles. The first-order valence-corrected chi connectivity index (χ1v) is 10.7. The van der Waals surface area contributed by atoms with Crippen molar-refractivity contribution >= 4 is 40.9 Å². The molecule has 2 aromatic rings. The second-order valence-electron chi connectivity index (χ2n) is 7.08. The molecule has 7 heteroatoms. The highest BCUT2D eigenvalue weighted by Crippen LogP contribution is 2.36. The molecule has 2 amide bonds. The lowest BCUT2D eigenvalue weighted by atomic mass is 10.2. The zero-order chi connectivity index (χ0) is 19.5. The largest absolute Gasteiger partial charge is 0.340 e. The highest BCUT2D eigenvalue weighted by Gasteiger charge is 2.31. The molecule has 146 valence electrons. The third kappa shape index (κ3) is 4.51. The summed E-state index contributed by atoms with van der Waals surface area (Å²) < 4.78 is 0. The van der Waals surface area contributed by atoms with Crippen molar-refractivity contribution in [3.05, 3.63) is 59.1 Å². The van der Waals surface area contributed by atoms with E-state index in [9.17, 15) is 9.59 Å². The Morgan fingerprint density at radius 3 is 2.54 bits per heavy atom. The first-order chi connectivity index (χ1) is 13.6. The molecule has 1 N–H and O–H groups in total. The summed E-state index contributed by atoms with van der Waals surface area (Å²) in [6, 6.07) is 15.6. The predicted octanol–water partition coefficient (Wildman–Crippen LogP) is 3.49. The van der Waals surface area contributed by atoms with Crippen LogP contribution in [0.2, 0.25) is 5.02 Å². The maximum Gasteiger partial charge on any atom is 0.238 e. The van der Waals surface area contributed by atoms with Crippen LogP contribution in [0.15, 0.2) is 53.4 Å². The summed E-state index contributed by atoms with van der Waals surface area (Å²) in [5.41, 5.74) is 2.05. The molecule has 2 heterocycles. The zero-order valence-corrected chi connectivity index (χ0v) is 17.0. The normalized spacial score (nSPS) is 19.8. The summed E-state index contributed by atoms with van der Waals surface area (Å²) in [6.07, 6.45) is 0.238. The van der Waals surface area contributed by atoms with Gasteiger partial charge < -0.3 is 10.2 Å². The van der Waals surface area contributed by atoms with Crippen LogP contribution >= 0.6 is 23.4 Å². The minimum absolute atomic E-state index is 0.0539. The molecule has 2 aliphatic rings. The second-order valence-corrected chi connectivity index (χ2v) is 8.76. The molecular weight excluding hydrogens is 394 g/mol. The number of carbonyl (C=O) groups is 2. The van der Waals surface area contributed by atoms with Crippen LogP contribution in [0.4, 0.5) is 5.69 Å². The monoisotopic (exact) mass is 415 g/mol. The average molecular weight is 416 g/mol. The molecule has 0 aromatic heterocycles. The number of para-hydroxylation sites is 1. The van der Waals surface area contributed by atoms with E-state index in [0.29, 0.717) is 13.1 Å². The summed E-state index contributed by atoms with van der Waals surface area (Å²) in [5, 5.41) is 3.28. The van der Waals surface area contributed by atoms with Crippen molar-refractivity contribution in [3.63, 3.8) is 0 Å². The van der Waals surface area contributed by atoms with Gasteiger partial charge in [-0.15, -0.1) is 11.8 Å². The molecule has 1 atom stereocenters. The van der Waals surface area contributed by atoms with E-state index >= 15 is 0 Å². The maximum absolute atomic E-state index is 12.7. The van der Waals surface area contributed by atoms with Crippen LogP contribution in [0.5, 0.6) is 0 Å². The number of piperazine rings is 1. The van der Waals surface area contributed by atoms with Gasteiger partial charge >= 0.3 is 0 Å². The Balaban J connectivity index is 1.28. The van der Waals surface area contributed by atoms with Gasteiger partial charge in [-0.25, -0.2) is 0 Å². The minimum Gasteiger partial charge on any atom is -0.340 e. The number of thioether (sulfide) groups is 1. The number of nitrogens with zero attached hydrogens (tertiary/aromatic N) is 2. The van der Waals surface area contributed by atoms with Crippen LogP contribution in [0.1, 0.15) is 12.0 Å². The van der Waals surface area contributed by atoms with Crippen LogP contribution in [0, 0.1) is 0 Å². The average Bonchev–Trinajstić information content (AvgIpc) is 2.71. The Morgan fingerprint density at radius 2 is 1.79 bits per heavy atom. The molecule has 1 unspecified atom stereocenters. The summed E-state index contributed by atoms with van der Waals surface area (Å²) >= 11 is 7.42. The summed E-state index contributed by atoms with van der Waals surface area (Å²) in [4.78, 5) is 30.3. The van der Waals surface area contributed by atoms with Crippen molar-refractivity contribution < 1.29 is 9.59 Å². The third-order valence-corrected chi connectivity index (χ3v) is 6.64. The van der Waals surface area contributed by atoms with E-state index < -0.39 is 0 Å². The fraction of sp³-hybridized carbons (Fsp3) is 0.333. The Hall–Kier alpha value is -2.02. The lowest BCUT2D eigenvalue weighted by Gasteiger charge is -2.35. The number of hydrogen-bond acceptors (Lipinski definition) is 4. The fourth-order valence-electron chi connectivity index (χ4n) is 3.52. The number of amides is 2. The van der Waals surface area contributed by atoms with Crippen LogP contribution in [0.3, 0.4) is 0 Å². The lowest BCUT2D eigenvalue weighted by Crippen LogP contribution is -2.49. The molecule has 4 rings (SSSR count). The number of nitrogens with one attached hydrogen (secondary N) is 1. The molecule has 0 aliphatic carbocycles. The highest BCUT2D eigenvalue weighted by atomic mass is 35.5. The number of rotatable bonds is 4. The fourth-order valence-corrected chi connectivity index (χ4v) is 4.75. The first-order valence-electron chi connectivity index (χ1n) is 9.39. The highest BCUT2D eigenvalue weighted by molar-refractivity contribution is 8.01. The Morgan fingerprint density at radius 1 is 1.07 bits per heavy atom. The van der Waals surface area contributed by atoms with Crippen molar-refractivity contribution in [1.82, 2.24) is 9.80 Å². The molecule has 0 spiro atoms. The van der Waals surface area contributed by atoms with Crippen molar-refractivity contribution in [2.75, 3.05) is 31.5 Å². The van der Waals surface area contributed by atoms with Gasteiger partial charge in [0.25, 0.3) is 0 Å². The SMILES string of the molecule is O=C1Nc2ccccc2SC1CC(=O)N1CCN(Cc2ccc(Cl)cc2)CC1. The first kappa shape index (κ1) is 19.3. The Bertz CT molecular complexity index is 866. The zero-order valence-electron chi connectivity index (χ0n) is 15.4. The molecule has 28 heavy (non-hydrogen) atoms. The van der Waals surface area contributed by atoms with Gasteiger partial charge in [0, 0.05) is 49.1 Å². The standard InChI is InChI=1S/C21H22ClN3O2S/c22-16-7-5-15(6-8-16)14-24-9-11-25(12-10-24)20(26)13-19-21(27)23-17-3-1-2-4-18(17)28-19/h1-8,19H,9-14H2,(H,23,27). The van der Waals surface area contributed by atoms with E-state index in [0.717, 1.165) is 35.2 Å². The summed E-state index contributed by atoms with van der Waals surface area (Å²) in [7, 11) is 0. The van der Waals surface area contributed by atoms with Gasteiger partial charge in [0.05, 0.1) is 10.9 Å². The Kier molecular flexibility index (Phi) is 5.90. The number of hydrogen-bond donors (Lipinski definition) is 1. The van der Waals surface area contributed by atoms with Crippen LogP contribution in [-0.4, -0.2) is 53.0 Å². The van der Waals surface area contributed by atoms with E-state index in [1.54, 1.807) is 0 Å². The van der Waals surface area contributed by atoms with Crippen molar-refractivity contribution in [2.24, 2.45) is 0 Å². The number of anilines is 1. The predicted molar refractivity (Wildman–Crippen MR) is 113 cm³/mol. The van der Waals surface area contributed by atoms with Gasteiger partial charge in [-0.1, -0.05) is 35.9 Å². The summed E-state index contributed by atoms with van der Waals surface area (Å²) in [5.74, 6) is -0.0309. The van der Waals surface area contributed by atoms with Crippen molar-refractivity contribution in [2.45, 2.75) is 23.1 Å². The van der Waals surface area contributed by atoms with Gasteiger partial charge in [-0.05, 0) is 29.8 Å². The maximum atomic E-state index is 12.7. The number of fused-ring (bicyclic) bond motifs is 1. The second kappa shape index (κ2) is 8.55. The van der Waals surface area contributed by atoms with Crippen molar-refractivity contribution in [3.8, 4) is 0 Å². The summed E-state index contributed by atoms with van der Waals surface area (Å²) in [6.45, 7) is 3.92. The minimum atomic E-state index is -0.366. The van der Waals surface area contributed by atoms with Gasteiger partial charge in [-0.3, -0.25) is 14.5 Å². The molecule has 1 saturated heterocycles. The van der Waals surface area contributed by atoms with Crippen LogP contribution in [0.25, 0.3) is 0 Å². The molecule has 0 bridgehead atoms. The molecule has 2 aromatic carbocycles. The number of halogens is 1. The lowest BCUT2D eigenvalue weighted by molar-refractivity contribution is -0.134. The van der Waals surface area contributed by atoms with E-state index in [4.69, 9.17) is 11.6 Å². The van der Waals surface area contributed by atoms with Crippen molar-refractivity contribution in [1.29, 1.82) is 0 Å². The van der Waals surface area contributed by atoms with E-state index in [-0.39, 0.29) is 23.5 Å². The molecule has 0 radical (unpaired) electrons. The molecular formula is C21H22ClN3O2S. The smallest absolute Gasteiger partial charge is 0.238 e. The van der Waals surface area contributed by atoms with Crippen LogP contribution < -0.4 is 5.32 Å². The molecule has 1 fully saturated rings. The number of benzene rings is 2. The quantitative estimate of drug-likeness (QED) is 0.830. The van der Waals surface area contributed by atoms with E-state index in [2.05, 4.69) is 10.2 Å².